The van der Waals surface area contributed by atoms with Gasteiger partial charge in [-0.05, 0) is 31.2 Å². The molecule has 130 valence electrons. The van der Waals surface area contributed by atoms with Crippen LogP contribution in [-0.2, 0) is 0 Å². The maximum Gasteiger partial charge on any atom is 0.271 e. The third-order valence-electron chi connectivity index (χ3n) is 3.99. The number of para-hydroxylation sites is 2. The lowest BCUT2D eigenvalue weighted by molar-refractivity contribution is 0.0934. The Balaban J connectivity index is 1.50. The molecule has 1 amide bonds. The van der Waals surface area contributed by atoms with Crippen LogP contribution in [-0.4, -0.2) is 20.9 Å². The van der Waals surface area contributed by atoms with E-state index in [4.69, 9.17) is 11.6 Å². The molecule has 4 rings (SSSR count). The van der Waals surface area contributed by atoms with Crippen LogP contribution in [0.3, 0.4) is 0 Å². The Kier molecular flexibility index (Phi) is 4.44. The number of hydrogen-bond acceptors (Lipinski definition) is 4. The highest BCUT2D eigenvalue weighted by Gasteiger charge is 2.17. The highest BCUT2D eigenvalue weighted by atomic mass is 35.5. The molecule has 0 radical (unpaired) electrons. The zero-order chi connectivity index (χ0) is 18.1. The molecule has 0 spiro atoms. The van der Waals surface area contributed by atoms with Crippen molar-refractivity contribution in [1.82, 2.24) is 20.3 Å². The Morgan fingerprint density at radius 2 is 1.92 bits per heavy atom. The standard InChI is InChI=1S/C19H15ClN4OS/c1-11(17-22-14-4-2-3-5-15(14)23-17)21-18(25)16-10-26-19(24-16)12-6-8-13(20)9-7-12/h2-11H,1H3,(H,21,25)(H,22,23). The van der Waals surface area contributed by atoms with E-state index in [-0.39, 0.29) is 11.9 Å². The molecule has 0 fully saturated rings. The van der Waals surface area contributed by atoms with Crippen molar-refractivity contribution in [2.24, 2.45) is 0 Å². The Morgan fingerprint density at radius 3 is 2.69 bits per heavy atom. The fourth-order valence-electron chi connectivity index (χ4n) is 2.62. The van der Waals surface area contributed by atoms with Crippen molar-refractivity contribution in [2.45, 2.75) is 13.0 Å². The largest absolute Gasteiger partial charge is 0.341 e. The van der Waals surface area contributed by atoms with Crippen molar-refractivity contribution >= 4 is 39.9 Å². The van der Waals surface area contributed by atoms with Crippen molar-refractivity contribution in [3.05, 3.63) is 70.5 Å². The second-order valence-electron chi connectivity index (χ2n) is 5.88. The van der Waals surface area contributed by atoms with Gasteiger partial charge in [-0.3, -0.25) is 4.79 Å². The van der Waals surface area contributed by atoms with Gasteiger partial charge in [0.05, 0.1) is 17.1 Å². The van der Waals surface area contributed by atoms with E-state index in [1.165, 1.54) is 11.3 Å². The van der Waals surface area contributed by atoms with Crippen molar-refractivity contribution in [2.75, 3.05) is 0 Å². The van der Waals surface area contributed by atoms with Gasteiger partial charge in [0.15, 0.2) is 0 Å². The van der Waals surface area contributed by atoms with Crippen molar-refractivity contribution in [3.8, 4) is 10.6 Å². The Morgan fingerprint density at radius 1 is 1.15 bits per heavy atom. The first-order chi connectivity index (χ1) is 12.6. The molecular formula is C19H15ClN4OS. The summed E-state index contributed by atoms with van der Waals surface area (Å²) in [6.07, 6.45) is 0. The lowest BCUT2D eigenvalue weighted by Crippen LogP contribution is -2.27. The van der Waals surface area contributed by atoms with Gasteiger partial charge < -0.3 is 10.3 Å². The summed E-state index contributed by atoms with van der Waals surface area (Å²) in [6, 6.07) is 14.9. The number of halogens is 1. The summed E-state index contributed by atoms with van der Waals surface area (Å²) in [6.45, 7) is 1.89. The molecule has 7 heteroatoms. The van der Waals surface area contributed by atoms with Crippen LogP contribution in [0.25, 0.3) is 21.6 Å². The van der Waals surface area contributed by atoms with E-state index in [0.717, 1.165) is 21.6 Å². The third kappa shape index (κ3) is 3.34. The Bertz CT molecular complexity index is 1040. The first-order valence-electron chi connectivity index (χ1n) is 8.07. The van der Waals surface area contributed by atoms with Crippen LogP contribution in [0.5, 0.6) is 0 Å². The van der Waals surface area contributed by atoms with E-state index in [2.05, 4.69) is 20.3 Å². The van der Waals surface area contributed by atoms with Crippen LogP contribution >= 0.6 is 22.9 Å². The molecule has 0 saturated heterocycles. The Hall–Kier alpha value is -2.70. The molecule has 2 aromatic carbocycles. The normalized spacial score (nSPS) is 12.2. The molecule has 1 atom stereocenters. The van der Waals surface area contributed by atoms with E-state index in [9.17, 15) is 4.79 Å². The van der Waals surface area contributed by atoms with E-state index < -0.39 is 0 Å². The molecular weight excluding hydrogens is 368 g/mol. The molecule has 5 nitrogen and oxygen atoms in total. The van der Waals surface area contributed by atoms with Crippen molar-refractivity contribution in [3.63, 3.8) is 0 Å². The molecule has 2 heterocycles. The summed E-state index contributed by atoms with van der Waals surface area (Å²) in [5.41, 5.74) is 3.15. The zero-order valence-corrected chi connectivity index (χ0v) is 15.4. The highest BCUT2D eigenvalue weighted by Crippen LogP contribution is 2.25. The van der Waals surface area contributed by atoms with E-state index in [0.29, 0.717) is 16.5 Å². The third-order valence-corrected chi connectivity index (χ3v) is 5.14. The Labute approximate surface area is 159 Å². The number of hydrogen-bond donors (Lipinski definition) is 2. The molecule has 2 aromatic heterocycles. The number of aromatic amines is 1. The summed E-state index contributed by atoms with van der Waals surface area (Å²) in [4.78, 5) is 24.7. The first kappa shape index (κ1) is 16.8. The van der Waals surface area contributed by atoms with E-state index >= 15 is 0 Å². The number of carbonyl (C=O) groups excluding carboxylic acids is 1. The van der Waals surface area contributed by atoms with Gasteiger partial charge in [0.2, 0.25) is 0 Å². The molecule has 2 N–H and O–H groups in total. The number of imidazole rings is 1. The minimum atomic E-state index is -0.254. The van der Waals surface area contributed by atoms with Gasteiger partial charge in [-0.2, -0.15) is 0 Å². The molecule has 4 aromatic rings. The number of nitrogens with one attached hydrogen (secondary N) is 2. The second kappa shape index (κ2) is 6.90. The van der Waals surface area contributed by atoms with Gasteiger partial charge in [-0.25, -0.2) is 9.97 Å². The number of benzene rings is 2. The monoisotopic (exact) mass is 382 g/mol. The average molecular weight is 383 g/mol. The van der Waals surface area contributed by atoms with Crippen molar-refractivity contribution < 1.29 is 4.79 Å². The minimum Gasteiger partial charge on any atom is -0.341 e. The van der Waals surface area contributed by atoms with E-state index in [1.807, 2.05) is 55.5 Å². The van der Waals surface area contributed by atoms with Gasteiger partial charge in [-0.15, -0.1) is 11.3 Å². The first-order valence-corrected chi connectivity index (χ1v) is 9.33. The number of aromatic nitrogens is 3. The molecule has 1 unspecified atom stereocenters. The van der Waals surface area contributed by atoms with E-state index in [1.54, 1.807) is 5.38 Å². The van der Waals surface area contributed by atoms with Crippen LogP contribution in [0, 0.1) is 0 Å². The smallest absolute Gasteiger partial charge is 0.271 e. The maximum atomic E-state index is 12.5. The summed E-state index contributed by atoms with van der Waals surface area (Å²) < 4.78 is 0. The predicted octanol–water partition coefficient (Wildman–Crippen LogP) is 4.83. The van der Waals surface area contributed by atoms with Gasteiger partial charge >= 0.3 is 0 Å². The SMILES string of the molecule is CC(NC(=O)c1csc(-c2ccc(Cl)cc2)n1)c1nc2ccccc2[nH]1. The molecule has 26 heavy (non-hydrogen) atoms. The van der Waals surface area contributed by atoms with Crippen LogP contribution in [0.2, 0.25) is 5.02 Å². The molecule has 0 saturated carbocycles. The summed E-state index contributed by atoms with van der Waals surface area (Å²) in [7, 11) is 0. The number of H-pyrrole nitrogens is 1. The fraction of sp³-hybridized carbons (Fsp3) is 0.105. The van der Waals surface area contributed by atoms with Crippen LogP contribution < -0.4 is 5.32 Å². The number of amides is 1. The number of rotatable bonds is 4. The fourth-order valence-corrected chi connectivity index (χ4v) is 3.55. The number of fused-ring (bicyclic) bond motifs is 1. The van der Waals surface area contributed by atoms with Gasteiger partial charge in [-0.1, -0.05) is 35.9 Å². The van der Waals surface area contributed by atoms with Crippen LogP contribution in [0.4, 0.5) is 0 Å². The van der Waals surface area contributed by atoms with Gasteiger partial charge in [0, 0.05) is 16.0 Å². The number of nitrogens with zero attached hydrogens (tertiary/aromatic N) is 2. The average Bonchev–Trinajstić information content (AvgIpc) is 3.29. The van der Waals surface area contributed by atoms with Crippen LogP contribution in [0.15, 0.2) is 53.9 Å². The molecule has 0 aliphatic carbocycles. The quantitative estimate of drug-likeness (QED) is 0.531. The molecule has 0 aliphatic rings. The highest BCUT2D eigenvalue weighted by molar-refractivity contribution is 7.13. The number of thiazole rings is 1. The number of carbonyl (C=O) groups is 1. The second-order valence-corrected chi connectivity index (χ2v) is 7.17. The lowest BCUT2D eigenvalue weighted by Gasteiger charge is -2.09. The lowest BCUT2D eigenvalue weighted by atomic mass is 10.2. The molecule has 0 bridgehead atoms. The summed E-state index contributed by atoms with van der Waals surface area (Å²) >= 11 is 7.33. The predicted molar refractivity (Wildman–Crippen MR) is 105 cm³/mol. The molecule has 0 aliphatic heterocycles. The van der Waals surface area contributed by atoms with Gasteiger partial charge in [0.25, 0.3) is 5.91 Å². The maximum absolute atomic E-state index is 12.5. The minimum absolute atomic E-state index is 0.227. The summed E-state index contributed by atoms with van der Waals surface area (Å²) in [5.74, 6) is 0.488. The van der Waals surface area contributed by atoms with Crippen molar-refractivity contribution in [1.29, 1.82) is 0 Å². The van der Waals surface area contributed by atoms with Gasteiger partial charge in [0.1, 0.15) is 16.5 Å². The zero-order valence-electron chi connectivity index (χ0n) is 13.9. The summed E-state index contributed by atoms with van der Waals surface area (Å²) in [5, 5.41) is 6.14. The van der Waals surface area contributed by atoms with Crippen LogP contribution in [0.1, 0.15) is 29.3 Å². The topological polar surface area (TPSA) is 70.7 Å².